The highest BCUT2D eigenvalue weighted by molar-refractivity contribution is 5.95. The normalized spacial score (nSPS) is 10.5. The summed E-state index contributed by atoms with van der Waals surface area (Å²) in [5.74, 6) is -2.31. The van der Waals surface area contributed by atoms with E-state index in [9.17, 15) is 13.6 Å². The van der Waals surface area contributed by atoms with Gasteiger partial charge in [0.05, 0.1) is 23.8 Å². The molecule has 4 nitrogen and oxygen atoms in total. The molecule has 0 bridgehead atoms. The predicted molar refractivity (Wildman–Crippen MR) is 65.3 cm³/mol. The fraction of sp³-hybridized carbons (Fsp3) is 0.154. The van der Waals surface area contributed by atoms with Crippen LogP contribution < -0.4 is 5.73 Å². The second kappa shape index (κ2) is 5.09. The number of nitrogens with zero attached hydrogens (tertiary/aromatic N) is 1. The number of rotatable bonds is 3. The quantitative estimate of drug-likeness (QED) is 0.868. The molecule has 0 aliphatic rings. The topological polar surface area (TPSA) is 59.5 Å². The average molecular weight is 266 g/mol. The molecule has 0 atom stereocenters. The molecule has 0 fully saturated rings. The average Bonchev–Trinajstić information content (AvgIpc) is 2.85. The van der Waals surface area contributed by atoms with Gasteiger partial charge in [0.25, 0.3) is 5.91 Å². The summed E-state index contributed by atoms with van der Waals surface area (Å²) in [5, 5.41) is 0. The Balaban J connectivity index is 2.24. The van der Waals surface area contributed by atoms with Crippen LogP contribution in [0.25, 0.3) is 0 Å². The van der Waals surface area contributed by atoms with Crippen molar-refractivity contribution < 1.29 is 18.0 Å². The SMILES string of the molecule is CN(Cc1ccoc1)C(=O)c1cc(F)cc(N)c1F. The lowest BCUT2D eigenvalue weighted by Gasteiger charge is -2.17. The fourth-order valence-corrected chi connectivity index (χ4v) is 1.70. The summed E-state index contributed by atoms with van der Waals surface area (Å²) in [5.41, 5.74) is 5.27. The second-order valence-corrected chi connectivity index (χ2v) is 4.15. The number of anilines is 1. The Bertz CT molecular complexity index is 597. The van der Waals surface area contributed by atoms with Gasteiger partial charge < -0.3 is 15.1 Å². The van der Waals surface area contributed by atoms with Crippen LogP contribution in [0.4, 0.5) is 14.5 Å². The van der Waals surface area contributed by atoms with E-state index in [0.717, 1.165) is 17.7 Å². The number of carbonyl (C=O) groups is 1. The maximum atomic E-state index is 13.7. The molecule has 100 valence electrons. The zero-order valence-electron chi connectivity index (χ0n) is 10.2. The number of furan rings is 1. The molecule has 1 aromatic heterocycles. The molecule has 0 aliphatic heterocycles. The molecular weight excluding hydrogens is 254 g/mol. The highest BCUT2D eigenvalue weighted by atomic mass is 19.1. The number of hydrogen-bond donors (Lipinski definition) is 1. The molecule has 0 radical (unpaired) electrons. The number of halogens is 2. The molecule has 0 unspecified atom stereocenters. The van der Waals surface area contributed by atoms with Gasteiger partial charge in [-0.05, 0) is 18.2 Å². The van der Waals surface area contributed by atoms with E-state index in [2.05, 4.69) is 0 Å². The minimum atomic E-state index is -0.912. The molecule has 0 spiro atoms. The molecule has 2 N–H and O–H groups in total. The van der Waals surface area contributed by atoms with Gasteiger partial charge in [0.15, 0.2) is 5.82 Å². The highest BCUT2D eigenvalue weighted by Crippen LogP contribution is 2.19. The van der Waals surface area contributed by atoms with E-state index in [4.69, 9.17) is 10.2 Å². The van der Waals surface area contributed by atoms with Crippen LogP contribution >= 0.6 is 0 Å². The van der Waals surface area contributed by atoms with Gasteiger partial charge in [-0.25, -0.2) is 8.78 Å². The molecule has 1 aromatic carbocycles. The van der Waals surface area contributed by atoms with Crippen molar-refractivity contribution in [3.05, 3.63) is 53.5 Å². The molecule has 6 heteroatoms. The first-order valence-corrected chi connectivity index (χ1v) is 5.50. The molecule has 0 saturated heterocycles. The Morgan fingerprint density at radius 1 is 1.42 bits per heavy atom. The van der Waals surface area contributed by atoms with E-state index >= 15 is 0 Å². The second-order valence-electron chi connectivity index (χ2n) is 4.15. The lowest BCUT2D eigenvalue weighted by Crippen LogP contribution is -2.27. The van der Waals surface area contributed by atoms with Gasteiger partial charge in [0, 0.05) is 19.2 Å². The highest BCUT2D eigenvalue weighted by Gasteiger charge is 2.19. The molecule has 0 saturated carbocycles. The van der Waals surface area contributed by atoms with Crippen LogP contribution in [0, 0.1) is 11.6 Å². The van der Waals surface area contributed by atoms with Gasteiger partial charge in [-0.15, -0.1) is 0 Å². The van der Waals surface area contributed by atoms with Gasteiger partial charge in [-0.3, -0.25) is 4.79 Å². The van der Waals surface area contributed by atoms with Crippen LogP contribution in [0.5, 0.6) is 0 Å². The fourth-order valence-electron chi connectivity index (χ4n) is 1.70. The summed E-state index contributed by atoms with van der Waals surface area (Å²) < 4.78 is 31.8. The van der Waals surface area contributed by atoms with E-state index in [0.29, 0.717) is 0 Å². The molecule has 1 amide bonds. The number of amides is 1. The molecule has 2 rings (SSSR count). The van der Waals surface area contributed by atoms with Crippen molar-refractivity contribution in [2.45, 2.75) is 6.54 Å². The number of benzene rings is 1. The summed E-state index contributed by atoms with van der Waals surface area (Å²) >= 11 is 0. The Labute approximate surface area is 108 Å². The van der Waals surface area contributed by atoms with E-state index in [1.165, 1.54) is 24.5 Å². The Kier molecular flexibility index (Phi) is 3.50. The summed E-state index contributed by atoms with van der Waals surface area (Å²) in [6.45, 7) is 0.227. The molecule has 19 heavy (non-hydrogen) atoms. The van der Waals surface area contributed by atoms with Crippen molar-refractivity contribution in [2.24, 2.45) is 0 Å². The van der Waals surface area contributed by atoms with Crippen molar-refractivity contribution in [1.29, 1.82) is 0 Å². The van der Waals surface area contributed by atoms with Crippen molar-refractivity contribution in [1.82, 2.24) is 4.90 Å². The van der Waals surface area contributed by atoms with E-state index in [-0.39, 0.29) is 17.8 Å². The molecule has 1 heterocycles. The Morgan fingerprint density at radius 3 is 2.79 bits per heavy atom. The standard InChI is InChI=1S/C13H12F2N2O2/c1-17(6-8-2-3-19-7-8)13(18)10-4-9(14)5-11(16)12(10)15/h2-5,7H,6,16H2,1H3. The van der Waals surface area contributed by atoms with Crippen LogP contribution in [0.1, 0.15) is 15.9 Å². The Hall–Kier alpha value is -2.37. The van der Waals surface area contributed by atoms with Crippen LogP contribution in [0.3, 0.4) is 0 Å². The van der Waals surface area contributed by atoms with Gasteiger partial charge in [-0.2, -0.15) is 0 Å². The lowest BCUT2D eigenvalue weighted by atomic mass is 10.1. The maximum Gasteiger partial charge on any atom is 0.257 e. The third-order valence-corrected chi connectivity index (χ3v) is 2.64. The van der Waals surface area contributed by atoms with Crippen molar-refractivity contribution in [2.75, 3.05) is 12.8 Å². The van der Waals surface area contributed by atoms with Crippen molar-refractivity contribution in [3.63, 3.8) is 0 Å². The summed E-state index contributed by atoms with van der Waals surface area (Å²) in [6, 6.07) is 3.35. The van der Waals surface area contributed by atoms with E-state index in [1.54, 1.807) is 6.07 Å². The number of nitrogen functional groups attached to an aromatic ring is 1. The van der Waals surface area contributed by atoms with Crippen molar-refractivity contribution >= 4 is 11.6 Å². The van der Waals surface area contributed by atoms with Crippen LogP contribution in [0.2, 0.25) is 0 Å². The zero-order chi connectivity index (χ0) is 14.0. The molecule has 0 aliphatic carbocycles. The van der Waals surface area contributed by atoms with Crippen LogP contribution in [-0.2, 0) is 6.54 Å². The summed E-state index contributed by atoms with van der Waals surface area (Å²) in [4.78, 5) is 13.3. The van der Waals surface area contributed by atoms with Gasteiger partial charge >= 0.3 is 0 Å². The van der Waals surface area contributed by atoms with Gasteiger partial charge in [0.1, 0.15) is 5.82 Å². The maximum absolute atomic E-state index is 13.7. The largest absolute Gasteiger partial charge is 0.472 e. The number of carbonyl (C=O) groups excluding carboxylic acids is 1. The zero-order valence-corrected chi connectivity index (χ0v) is 10.2. The van der Waals surface area contributed by atoms with Crippen LogP contribution in [0.15, 0.2) is 35.1 Å². The monoisotopic (exact) mass is 266 g/mol. The third kappa shape index (κ3) is 2.73. The molecular formula is C13H12F2N2O2. The Morgan fingerprint density at radius 2 is 2.16 bits per heavy atom. The van der Waals surface area contributed by atoms with E-state index < -0.39 is 17.5 Å². The molecule has 2 aromatic rings. The first-order valence-electron chi connectivity index (χ1n) is 5.50. The smallest absolute Gasteiger partial charge is 0.257 e. The lowest BCUT2D eigenvalue weighted by molar-refractivity contribution is 0.0780. The minimum Gasteiger partial charge on any atom is -0.472 e. The minimum absolute atomic E-state index is 0.227. The summed E-state index contributed by atoms with van der Waals surface area (Å²) in [7, 11) is 1.48. The first kappa shape index (κ1) is 13.1. The third-order valence-electron chi connectivity index (χ3n) is 2.64. The predicted octanol–water partition coefficient (Wildman–Crippen LogP) is 2.41. The number of hydrogen-bond acceptors (Lipinski definition) is 3. The van der Waals surface area contributed by atoms with E-state index in [1.807, 2.05) is 0 Å². The number of nitrogens with two attached hydrogens (primary N) is 1. The van der Waals surface area contributed by atoms with Crippen LogP contribution in [-0.4, -0.2) is 17.9 Å². The first-order chi connectivity index (χ1) is 8.99. The summed E-state index contributed by atoms with van der Waals surface area (Å²) in [6.07, 6.45) is 2.94. The van der Waals surface area contributed by atoms with Crippen molar-refractivity contribution in [3.8, 4) is 0 Å². The van der Waals surface area contributed by atoms with Gasteiger partial charge in [-0.1, -0.05) is 0 Å². The van der Waals surface area contributed by atoms with Gasteiger partial charge in [0.2, 0.25) is 0 Å².